The normalized spacial score (nSPS) is 11.4. The van der Waals surface area contributed by atoms with Crippen molar-refractivity contribution in [2.45, 2.75) is 129 Å². The summed E-state index contributed by atoms with van der Waals surface area (Å²) in [5.74, 6) is -0.0955. The molecule has 2 N–H and O–H groups in total. The first-order valence-corrected chi connectivity index (χ1v) is 12.3. The average molecular weight is 396 g/mol. The van der Waals surface area contributed by atoms with Gasteiger partial charge < -0.3 is 10.5 Å². The van der Waals surface area contributed by atoms with E-state index < -0.39 is 0 Å². The zero-order valence-electron chi connectivity index (χ0n) is 18.9. The number of carbonyl (C=O) groups is 1. The first kappa shape index (κ1) is 27.2. The van der Waals surface area contributed by atoms with Crippen LogP contribution in [0.4, 0.5) is 0 Å². The van der Waals surface area contributed by atoms with Gasteiger partial charge in [-0.2, -0.15) is 0 Å². The van der Waals surface area contributed by atoms with Crippen LogP contribution >= 0.6 is 0 Å². The van der Waals surface area contributed by atoms with E-state index in [2.05, 4.69) is 19.1 Å². The number of carbonyl (C=O) groups excluding carboxylic acids is 1. The highest BCUT2D eigenvalue weighted by Gasteiger charge is 2.01. The fourth-order valence-electron chi connectivity index (χ4n) is 3.47. The smallest absolute Gasteiger partial charge is 0.305 e. The molecule has 0 aromatic heterocycles. The van der Waals surface area contributed by atoms with Crippen LogP contribution < -0.4 is 5.73 Å². The third-order valence-corrected chi connectivity index (χ3v) is 5.27. The molecule has 0 spiro atoms. The van der Waals surface area contributed by atoms with Crippen molar-refractivity contribution in [3.63, 3.8) is 0 Å². The lowest BCUT2D eigenvalue weighted by Gasteiger charge is -2.03. The van der Waals surface area contributed by atoms with Gasteiger partial charge in [-0.25, -0.2) is 0 Å². The second-order valence-corrected chi connectivity index (χ2v) is 8.11. The van der Waals surface area contributed by atoms with E-state index in [9.17, 15) is 4.79 Å². The maximum absolute atomic E-state index is 11.3. The molecule has 0 radical (unpaired) electrons. The molecule has 0 aromatic rings. The maximum atomic E-state index is 11.3. The van der Waals surface area contributed by atoms with Gasteiger partial charge in [-0.1, -0.05) is 103 Å². The van der Waals surface area contributed by atoms with Crippen LogP contribution in [0.1, 0.15) is 129 Å². The number of ether oxygens (including phenoxy) is 1. The number of rotatable bonds is 22. The van der Waals surface area contributed by atoms with Crippen molar-refractivity contribution in [2.24, 2.45) is 5.73 Å². The van der Waals surface area contributed by atoms with E-state index >= 15 is 0 Å². The number of esters is 1. The van der Waals surface area contributed by atoms with Gasteiger partial charge in [0.1, 0.15) is 6.61 Å². The van der Waals surface area contributed by atoms with Gasteiger partial charge in [0, 0.05) is 13.0 Å². The Balaban J connectivity index is 3.12. The van der Waals surface area contributed by atoms with Gasteiger partial charge in [-0.05, 0) is 32.1 Å². The largest absolute Gasteiger partial charge is 0.464 e. The molecule has 3 nitrogen and oxygen atoms in total. The minimum atomic E-state index is -0.0955. The van der Waals surface area contributed by atoms with E-state index in [1.807, 2.05) is 0 Å². The number of unbranched alkanes of at least 4 members (excludes halogenated alkanes) is 16. The first-order valence-electron chi connectivity index (χ1n) is 12.3. The van der Waals surface area contributed by atoms with Gasteiger partial charge in [0.25, 0.3) is 0 Å². The summed E-state index contributed by atoms with van der Waals surface area (Å²) in [7, 11) is 0. The van der Waals surface area contributed by atoms with E-state index in [0.29, 0.717) is 19.6 Å². The highest BCUT2D eigenvalue weighted by Crippen LogP contribution is 2.12. The highest BCUT2D eigenvalue weighted by atomic mass is 16.5. The van der Waals surface area contributed by atoms with Crippen LogP contribution in [0.25, 0.3) is 0 Å². The number of nitrogens with two attached hydrogens (primary N) is 1. The van der Waals surface area contributed by atoms with Crippen molar-refractivity contribution >= 4 is 5.97 Å². The maximum Gasteiger partial charge on any atom is 0.305 e. The molecule has 0 fully saturated rings. The molecule has 0 bridgehead atoms. The molecule has 0 aliphatic rings. The second-order valence-electron chi connectivity index (χ2n) is 8.11. The number of hydrogen-bond donors (Lipinski definition) is 1. The summed E-state index contributed by atoms with van der Waals surface area (Å²) < 4.78 is 4.96. The third kappa shape index (κ3) is 23.2. The molecule has 0 amide bonds. The van der Waals surface area contributed by atoms with E-state index in [0.717, 1.165) is 12.8 Å². The predicted octanol–water partition coefficient (Wildman–Crippen LogP) is 7.48. The van der Waals surface area contributed by atoms with Crippen LogP contribution in [-0.4, -0.2) is 19.1 Å². The fraction of sp³-hybridized carbons (Fsp3) is 0.880. The molecular formula is C25H49NO2. The summed E-state index contributed by atoms with van der Waals surface area (Å²) in [6.07, 6.45) is 29.1. The van der Waals surface area contributed by atoms with E-state index in [1.165, 1.54) is 103 Å². The van der Waals surface area contributed by atoms with Gasteiger partial charge in [0.2, 0.25) is 0 Å². The van der Waals surface area contributed by atoms with Crippen LogP contribution in [0.15, 0.2) is 12.2 Å². The summed E-state index contributed by atoms with van der Waals surface area (Å²) in [4.78, 5) is 11.3. The lowest BCUT2D eigenvalue weighted by molar-refractivity contribution is -0.143. The van der Waals surface area contributed by atoms with Crippen molar-refractivity contribution in [3.05, 3.63) is 12.2 Å². The molecule has 0 rings (SSSR count). The molecule has 0 aliphatic carbocycles. The Labute approximate surface area is 175 Å². The summed E-state index contributed by atoms with van der Waals surface area (Å²) in [6, 6.07) is 0. The van der Waals surface area contributed by atoms with Crippen LogP contribution in [0, 0.1) is 0 Å². The van der Waals surface area contributed by atoms with Crippen LogP contribution in [0.5, 0.6) is 0 Å². The molecule has 0 aromatic carbocycles. The Kier molecular flexibility index (Phi) is 23.5. The minimum absolute atomic E-state index is 0.0955. The van der Waals surface area contributed by atoms with E-state index in [-0.39, 0.29) is 5.97 Å². The van der Waals surface area contributed by atoms with Gasteiger partial charge in [0.05, 0.1) is 0 Å². The first-order chi connectivity index (χ1) is 13.8. The lowest BCUT2D eigenvalue weighted by Crippen LogP contribution is -2.13. The van der Waals surface area contributed by atoms with Crippen LogP contribution in [0.2, 0.25) is 0 Å². The highest BCUT2D eigenvalue weighted by molar-refractivity contribution is 5.69. The molecule has 0 aliphatic heterocycles. The minimum Gasteiger partial charge on any atom is -0.464 e. The lowest BCUT2D eigenvalue weighted by atomic mass is 10.1. The fourth-order valence-corrected chi connectivity index (χ4v) is 3.47. The Morgan fingerprint density at radius 3 is 1.57 bits per heavy atom. The summed E-state index contributed by atoms with van der Waals surface area (Å²) >= 11 is 0. The molecule has 28 heavy (non-hydrogen) atoms. The molecule has 0 heterocycles. The Morgan fingerprint density at radius 1 is 0.679 bits per heavy atom. The molecule has 0 atom stereocenters. The summed E-state index contributed by atoms with van der Waals surface area (Å²) in [5.41, 5.74) is 5.30. The van der Waals surface area contributed by atoms with E-state index in [1.54, 1.807) is 0 Å². The summed E-state index contributed by atoms with van der Waals surface area (Å²) in [6.45, 7) is 3.05. The van der Waals surface area contributed by atoms with Crippen molar-refractivity contribution in [2.75, 3.05) is 13.2 Å². The monoisotopic (exact) mass is 395 g/mol. The zero-order chi connectivity index (χ0) is 20.5. The predicted molar refractivity (Wildman–Crippen MR) is 123 cm³/mol. The molecule has 0 unspecified atom stereocenters. The van der Waals surface area contributed by atoms with Crippen LogP contribution in [0.3, 0.4) is 0 Å². The topological polar surface area (TPSA) is 52.3 Å². The summed E-state index contributed by atoms with van der Waals surface area (Å²) in [5, 5.41) is 0. The number of allylic oxidation sites excluding steroid dienone is 2. The average Bonchev–Trinajstić information content (AvgIpc) is 2.70. The van der Waals surface area contributed by atoms with Gasteiger partial charge in [0.15, 0.2) is 0 Å². The van der Waals surface area contributed by atoms with Crippen molar-refractivity contribution < 1.29 is 9.53 Å². The Bertz CT molecular complexity index is 341. The zero-order valence-corrected chi connectivity index (χ0v) is 18.9. The van der Waals surface area contributed by atoms with E-state index in [4.69, 9.17) is 10.5 Å². The quantitative estimate of drug-likeness (QED) is 0.117. The van der Waals surface area contributed by atoms with Gasteiger partial charge in [-0.15, -0.1) is 0 Å². The number of hydrogen-bond acceptors (Lipinski definition) is 3. The molecule has 3 heteroatoms. The van der Waals surface area contributed by atoms with Gasteiger partial charge >= 0.3 is 5.97 Å². The van der Waals surface area contributed by atoms with Crippen molar-refractivity contribution in [1.82, 2.24) is 0 Å². The molecule has 166 valence electrons. The standard InChI is InChI=1S/C25H49NO2/c1-2-3-4-5-6-7-8-9-10-11-12-13-14-15-16-17-18-19-20-21-22-25(27)28-24-23-26/h10-11H,2-9,12-24,26H2,1H3/b11-10+. The molecule has 0 saturated carbocycles. The Hall–Kier alpha value is -0.830. The van der Waals surface area contributed by atoms with Crippen molar-refractivity contribution in [1.29, 1.82) is 0 Å². The van der Waals surface area contributed by atoms with Crippen LogP contribution in [-0.2, 0) is 9.53 Å². The van der Waals surface area contributed by atoms with Gasteiger partial charge in [-0.3, -0.25) is 4.79 Å². The molecule has 0 saturated heterocycles. The second kappa shape index (κ2) is 24.2. The molecular weight excluding hydrogens is 346 g/mol. The van der Waals surface area contributed by atoms with Crippen molar-refractivity contribution in [3.8, 4) is 0 Å². The SMILES string of the molecule is CCCCCCCCC/C=C/CCCCCCCCCCCC(=O)OCCN. The third-order valence-electron chi connectivity index (χ3n) is 5.27. The Morgan fingerprint density at radius 2 is 1.11 bits per heavy atom.